The van der Waals surface area contributed by atoms with Gasteiger partial charge in [-0.15, -0.1) is 0 Å². The number of ether oxygens (including phenoxy) is 2. The average Bonchev–Trinajstić information content (AvgIpc) is 2.42. The topological polar surface area (TPSA) is 42.9 Å². The van der Waals surface area contributed by atoms with Crippen molar-refractivity contribution in [3.05, 3.63) is 23.8 Å². The molecule has 0 saturated carbocycles. The van der Waals surface area contributed by atoms with Crippen LogP contribution < -0.4 is 14.8 Å². The Morgan fingerprint density at radius 3 is 2.72 bits per heavy atom. The molecule has 0 aliphatic carbocycles. The molecular weight excluding hydrogens is 228 g/mol. The molecule has 0 fully saturated rings. The zero-order valence-electron chi connectivity index (χ0n) is 11.2. The van der Waals surface area contributed by atoms with E-state index in [0.717, 1.165) is 49.5 Å². The van der Waals surface area contributed by atoms with Gasteiger partial charge in [0.05, 0.1) is 14.2 Å². The monoisotopic (exact) mass is 250 g/mol. The molecule has 0 radical (unpaired) electrons. The summed E-state index contributed by atoms with van der Waals surface area (Å²) in [6, 6.07) is 5.87. The van der Waals surface area contributed by atoms with Crippen molar-refractivity contribution in [2.45, 2.75) is 19.4 Å². The second kappa shape index (κ2) is 8.53. The number of nitrogens with zero attached hydrogens (tertiary/aromatic N) is 1. The van der Waals surface area contributed by atoms with Crippen LogP contribution in [0.15, 0.2) is 23.2 Å². The average molecular weight is 250 g/mol. The van der Waals surface area contributed by atoms with Gasteiger partial charge in [0.2, 0.25) is 0 Å². The Morgan fingerprint density at radius 1 is 1.22 bits per heavy atom. The van der Waals surface area contributed by atoms with Gasteiger partial charge < -0.3 is 19.8 Å². The predicted octanol–water partition coefficient (Wildman–Crippen LogP) is 2.27. The lowest BCUT2D eigenvalue weighted by atomic mass is 10.2. The van der Waals surface area contributed by atoms with Gasteiger partial charge in [-0.1, -0.05) is 6.07 Å². The smallest absolute Gasteiger partial charge is 0.127 e. The van der Waals surface area contributed by atoms with E-state index in [4.69, 9.17) is 9.47 Å². The third kappa shape index (κ3) is 4.75. The molecule has 1 N–H and O–H groups in total. The number of benzene rings is 1. The van der Waals surface area contributed by atoms with Crippen molar-refractivity contribution in [1.29, 1.82) is 0 Å². The van der Waals surface area contributed by atoms with Gasteiger partial charge in [0.1, 0.15) is 11.5 Å². The highest BCUT2D eigenvalue weighted by Gasteiger charge is 2.04. The molecule has 0 spiro atoms. The Morgan fingerprint density at radius 2 is 2.06 bits per heavy atom. The van der Waals surface area contributed by atoms with Gasteiger partial charge >= 0.3 is 0 Å². The van der Waals surface area contributed by atoms with Gasteiger partial charge in [0.15, 0.2) is 0 Å². The van der Waals surface area contributed by atoms with E-state index >= 15 is 0 Å². The summed E-state index contributed by atoms with van der Waals surface area (Å²) < 4.78 is 10.5. The van der Waals surface area contributed by atoms with Gasteiger partial charge in [-0.05, 0) is 32.2 Å². The maximum atomic E-state index is 5.34. The SMILES string of the molecule is C=NCCCCNCc1ccc(OC)cc1OC. The Bertz CT molecular complexity index is 367. The third-order valence-corrected chi connectivity index (χ3v) is 2.73. The maximum Gasteiger partial charge on any atom is 0.127 e. The molecule has 0 aliphatic rings. The quantitative estimate of drug-likeness (QED) is 0.540. The summed E-state index contributed by atoms with van der Waals surface area (Å²) in [6.07, 6.45) is 2.19. The highest BCUT2D eigenvalue weighted by atomic mass is 16.5. The fourth-order valence-corrected chi connectivity index (χ4v) is 1.69. The molecule has 0 aliphatic heterocycles. The summed E-state index contributed by atoms with van der Waals surface area (Å²) in [6.45, 7) is 6.08. The first-order valence-corrected chi connectivity index (χ1v) is 6.16. The largest absolute Gasteiger partial charge is 0.497 e. The molecule has 1 rings (SSSR count). The summed E-state index contributed by atoms with van der Waals surface area (Å²) >= 11 is 0. The highest BCUT2D eigenvalue weighted by Crippen LogP contribution is 2.24. The van der Waals surface area contributed by atoms with Crippen LogP contribution in [-0.4, -0.2) is 34.0 Å². The number of hydrogen-bond acceptors (Lipinski definition) is 4. The van der Waals surface area contributed by atoms with Crippen molar-refractivity contribution in [3.63, 3.8) is 0 Å². The lowest BCUT2D eigenvalue weighted by Crippen LogP contribution is -2.15. The van der Waals surface area contributed by atoms with Gasteiger partial charge in [0, 0.05) is 24.7 Å². The lowest BCUT2D eigenvalue weighted by Gasteiger charge is -2.11. The Labute approximate surface area is 109 Å². The predicted molar refractivity (Wildman–Crippen MR) is 74.9 cm³/mol. The maximum absolute atomic E-state index is 5.34. The van der Waals surface area contributed by atoms with Crippen molar-refractivity contribution < 1.29 is 9.47 Å². The molecule has 0 heterocycles. The Kier molecular flexibility index (Phi) is 6.87. The number of unbranched alkanes of at least 4 members (excludes halogenated alkanes) is 1. The van der Waals surface area contributed by atoms with Gasteiger partial charge in [-0.2, -0.15) is 0 Å². The molecule has 100 valence electrons. The van der Waals surface area contributed by atoms with E-state index in [-0.39, 0.29) is 0 Å². The van der Waals surface area contributed by atoms with Crippen molar-refractivity contribution in [1.82, 2.24) is 5.32 Å². The molecule has 0 saturated heterocycles. The van der Waals surface area contributed by atoms with Crippen molar-refractivity contribution in [2.75, 3.05) is 27.3 Å². The molecule has 4 heteroatoms. The Balaban J connectivity index is 2.39. The molecule has 0 aromatic heterocycles. The third-order valence-electron chi connectivity index (χ3n) is 2.73. The van der Waals surface area contributed by atoms with E-state index in [1.54, 1.807) is 14.2 Å². The Hall–Kier alpha value is -1.55. The number of methoxy groups -OCH3 is 2. The molecule has 0 bridgehead atoms. The van der Waals surface area contributed by atoms with Crippen LogP contribution in [0.4, 0.5) is 0 Å². The molecule has 0 amide bonds. The zero-order valence-corrected chi connectivity index (χ0v) is 11.2. The first-order chi connectivity index (χ1) is 8.81. The van der Waals surface area contributed by atoms with E-state index < -0.39 is 0 Å². The van der Waals surface area contributed by atoms with Crippen LogP contribution in [0.3, 0.4) is 0 Å². The molecule has 0 unspecified atom stereocenters. The molecular formula is C14H22N2O2. The minimum Gasteiger partial charge on any atom is -0.497 e. The summed E-state index contributed by atoms with van der Waals surface area (Å²) in [5.41, 5.74) is 1.14. The number of nitrogens with one attached hydrogen (secondary N) is 1. The zero-order chi connectivity index (χ0) is 13.2. The van der Waals surface area contributed by atoms with E-state index in [0.29, 0.717) is 0 Å². The molecule has 0 atom stereocenters. The fraction of sp³-hybridized carbons (Fsp3) is 0.500. The van der Waals surface area contributed by atoms with Crippen LogP contribution in [0, 0.1) is 0 Å². The lowest BCUT2D eigenvalue weighted by molar-refractivity contribution is 0.389. The number of hydrogen-bond donors (Lipinski definition) is 1. The van der Waals surface area contributed by atoms with Gasteiger partial charge in [-0.3, -0.25) is 0 Å². The highest BCUT2D eigenvalue weighted by molar-refractivity contribution is 5.40. The van der Waals surface area contributed by atoms with E-state index in [9.17, 15) is 0 Å². The number of rotatable bonds is 9. The normalized spacial score (nSPS) is 10.1. The van der Waals surface area contributed by atoms with Crippen LogP contribution in [0.25, 0.3) is 0 Å². The van der Waals surface area contributed by atoms with Crippen LogP contribution in [0.1, 0.15) is 18.4 Å². The van der Waals surface area contributed by atoms with Crippen molar-refractivity contribution >= 4 is 6.72 Å². The molecule has 4 nitrogen and oxygen atoms in total. The first-order valence-electron chi connectivity index (χ1n) is 6.16. The minimum absolute atomic E-state index is 0.800. The second-order valence-electron chi connectivity index (χ2n) is 4.01. The summed E-state index contributed by atoms with van der Waals surface area (Å²) in [5, 5.41) is 3.39. The van der Waals surface area contributed by atoms with Crippen LogP contribution >= 0.6 is 0 Å². The first kappa shape index (κ1) is 14.5. The minimum atomic E-state index is 0.800. The second-order valence-corrected chi connectivity index (χ2v) is 4.01. The van der Waals surface area contributed by atoms with Crippen LogP contribution in [-0.2, 0) is 6.54 Å². The van der Waals surface area contributed by atoms with Gasteiger partial charge in [-0.25, -0.2) is 0 Å². The van der Waals surface area contributed by atoms with Crippen molar-refractivity contribution in [3.8, 4) is 11.5 Å². The standard InChI is InChI=1S/C14H22N2O2/c1-15-8-4-5-9-16-11-12-6-7-13(17-2)10-14(12)18-3/h6-7,10,16H,1,4-5,8-9,11H2,2-3H3. The summed E-state index contributed by atoms with van der Waals surface area (Å²) in [5.74, 6) is 1.67. The van der Waals surface area contributed by atoms with E-state index in [1.165, 1.54) is 0 Å². The number of aliphatic imine (C=N–C) groups is 1. The van der Waals surface area contributed by atoms with Crippen LogP contribution in [0.2, 0.25) is 0 Å². The molecule has 1 aromatic rings. The summed E-state index contributed by atoms with van der Waals surface area (Å²) in [4.78, 5) is 3.83. The van der Waals surface area contributed by atoms with E-state index in [2.05, 4.69) is 17.0 Å². The molecule has 1 aromatic carbocycles. The fourth-order valence-electron chi connectivity index (χ4n) is 1.69. The van der Waals surface area contributed by atoms with Crippen molar-refractivity contribution in [2.24, 2.45) is 4.99 Å². The van der Waals surface area contributed by atoms with Crippen LogP contribution in [0.5, 0.6) is 11.5 Å². The molecule has 18 heavy (non-hydrogen) atoms. The van der Waals surface area contributed by atoms with E-state index in [1.807, 2.05) is 18.2 Å². The summed E-state index contributed by atoms with van der Waals surface area (Å²) in [7, 11) is 3.33. The van der Waals surface area contributed by atoms with Gasteiger partial charge in [0.25, 0.3) is 0 Å².